The number of nitrogens with zero attached hydrogens (tertiary/aromatic N) is 2. The van der Waals surface area contributed by atoms with Crippen LogP contribution in [0.2, 0.25) is 0 Å². The molecule has 0 unspecified atom stereocenters. The molecule has 0 aromatic carbocycles. The number of hydrogen-bond acceptors (Lipinski definition) is 4. The number of aromatic amines is 2. The number of fused-ring (bicyclic) bond motifs is 1. The minimum atomic E-state index is -0.463. The Balaban J connectivity index is 3.02. The van der Waals surface area contributed by atoms with Gasteiger partial charge in [-0.2, -0.15) is 0 Å². The zero-order valence-electron chi connectivity index (χ0n) is 5.29. The number of hydrogen-bond donors (Lipinski definition) is 2. The minimum Gasteiger partial charge on any atom is -0.758 e. The molecule has 0 aliphatic heterocycles. The fourth-order valence-corrected chi connectivity index (χ4v) is 1.07. The quantitative estimate of drug-likeness (QED) is 0.411. The van der Waals surface area contributed by atoms with E-state index in [0.717, 1.165) is 0 Å². The lowest BCUT2D eigenvalue weighted by molar-refractivity contribution is 1.02. The Kier molecular flexibility index (Phi) is 1.16. The third kappa shape index (κ3) is 0.874. The van der Waals surface area contributed by atoms with Gasteiger partial charge in [-0.15, -0.1) is 0 Å². The Labute approximate surface area is 66.3 Å². The summed E-state index contributed by atoms with van der Waals surface area (Å²) in [6.45, 7) is 0. The average molecular weight is 167 g/mol. The molecule has 0 saturated carbocycles. The van der Waals surface area contributed by atoms with Crippen LogP contribution in [0.1, 0.15) is 0 Å². The van der Waals surface area contributed by atoms with Crippen LogP contribution in [0.15, 0.2) is 16.1 Å². The number of imidazole rings is 1. The number of aromatic nitrogens is 4. The second kappa shape index (κ2) is 2.03. The van der Waals surface area contributed by atoms with Gasteiger partial charge in [-0.1, -0.05) is 5.03 Å². The van der Waals surface area contributed by atoms with E-state index >= 15 is 0 Å². The van der Waals surface area contributed by atoms with Gasteiger partial charge < -0.3 is 17.6 Å². The van der Waals surface area contributed by atoms with Crippen LogP contribution in [0.5, 0.6) is 0 Å². The first-order chi connectivity index (χ1) is 5.27. The van der Waals surface area contributed by atoms with Crippen molar-refractivity contribution >= 4 is 23.8 Å². The summed E-state index contributed by atoms with van der Waals surface area (Å²) in [7, 11) is 0. The van der Waals surface area contributed by atoms with Gasteiger partial charge in [0.15, 0.2) is 5.65 Å². The van der Waals surface area contributed by atoms with Gasteiger partial charge in [0.05, 0.1) is 11.8 Å². The van der Waals surface area contributed by atoms with Crippen LogP contribution in [0.4, 0.5) is 0 Å². The molecular formula is C5H3N4OS-. The second-order valence-electron chi connectivity index (χ2n) is 1.97. The van der Waals surface area contributed by atoms with E-state index in [1.165, 1.54) is 6.33 Å². The van der Waals surface area contributed by atoms with Crippen molar-refractivity contribution in [3.05, 3.63) is 16.8 Å². The van der Waals surface area contributed by atoms with E-state index in [4.69, 9.17) is 12.6 Å². The van der Waals surface area contributed by atoms with Crippen LogP contribution >= 0.6 is 0 Å². The van der Waals surface area contributed by atoms with Gasteiger partial charge in [0.2, 0.25) is 0 Å². The highest BCUT2D eigenvalue weighted by molar-refractivity contribution is 7.58. The molecule has 0 aliphatic carbocycles. The molecule has 5 nitrogen and oxygen atoms in total. The fourth-order valence-electron chi connectivity index (χ4n) is 0.829. The van der Waals surface area contributed by atoms with Crippen molar-refractivity contribution in [2.45, 2.75) is 5.03 Å². The van der Waals surface area contributed by atoms with Gasteiger partial charge in [-0.05, 0) is 0 Å². The first-order valence-electron chi connectivity index (χ1n) is 2.88. The minimum absolute atomic E-state index is 0.251. The predicted octanol–water partition coefficient (Wildman–Crippen LogP) is -0.448. The van der Waals surface area contributed by atoms with Crippen molar-refractivity contribution in [1.82, 2.24) is 19.9 Å². The maximum Gasteiger partial charge on any atom is 0.345 e. The lowest BCUT2D eigenvalue weighted by Crippen LogP contribution is -2.10. The van der Waals surface area contributed by atoms with Crippen LogP contribution in [0, 0.1) is 0 Å². The van der Waals surface area contributed by atoms with Gasteiger partial charge in [-0.3, -0.25) is 4.98 Å². The van der Waals surface area contributed by atoms with Crippen molar-refractivity contribution in [3.8, 4) is 0 Å². The van der Waals surface area contributed by atoms with E-state index in [-0.39, 0.29) is 5.03 Å². The molecule has 0 atom stereocenters. The first-order valence-corrected chi connectivity index (χ1v) is 3.28. The fraction of sp³-hybridized carbons (Fsp3) is 0. The molecule has 0 saturated heterocycles. The molecule has 0 radical (unpaired) electrons. The normalized spacial score (nSPS) is 10.5. The highest BCUT2D eigenvalue weighted by atomic mass is 32.1. The molecule has 0 bridgehead atoms. The van der Waals surface area contributed by atoms with Gasteiger partial charge >= 0.3 is 5.69 Å². The maximum atomic E-state index is 10.7. The zero-order chi connectivity index (χ0) is 7.84. The van der Waals surface area contributed by atoms with Crippen molar-refractivity contribution in [2.75, 3.05) is 0 Å². The van der Waals surface area contributed by atoms with Crippen LogP contribution in [0.3, 0.4) is 0 Å². The molecule has 2 heterocycles. The largest absolute Gasteiger partial charge is 0.758 e. The molecule has 11 heavy (non-hydrogen) atoms. The van der Waals surface area contributed by atoms with E-state index in [0.29, 0.717) is 11.2 Å². The summed E-state index contributed by atoms with van der Waals surface area (Å²) in [5.41, 5.74) is 0.587. The topological polar surface area (TPSA) is 74.4 Å². The van der Waals surface area contributed by atoms with Gasteiger partial charge in [0.1, 0.15) is 0 Å². The van der Waals surface area contributed by atoms with Gasteiger partial charge in [0, 0.05) is 0 Å². The summed E-state index contributed by atoms with van der Waals surface area (Å²) in [4.78, 5) is 23.2. The SMILES string of the molecule is O=c1nc([S-])c2[nH]cnc2[nH]1. The highest BCUT2D eigenvalue weighted by Gasteiger charge is 1.96. The van der Waals surface area contributed by atoms with Crippen LogP contribution in [-0.2, 0) is 12.6 Å². The third-order valence-corrected chi connectivity index (χ3v) is 1.58. The zero-order valence-corrected chi connectivity index (χ0v) is 6.10. The van der Waals surface area contributed by atoms with Crippen LogP contribution in [0.25, 0.3) is 11.2 Å². The molecule has 6 heteroatoms. The van der Waals surface area contributed by atoms with E-state index < -0.39 is 5.69 Å². The number of H-pyrrole nitrogens is 2. The van der Waals surface area contributed by atoms with Gasteiger partial charge in [0.25, 0.3) is 0 Å². The summed E-state index contributed by atoms with van der Waals surface area (Å²) in [5.74, 6) is 0. The Hall–Kier alpha value is -1.43. The number of rotatable bonds is 0. The average Bonchev–Trinajstić information content (AvgIpc) is 2.34. The Morgan fingerprint density at radius 1 is 1.55 bits per heavy atom. The maximum absolute atomic E-state index is 10.7. The molecule has 56 valence electrons. The predicted molar refractivity (Wildman–Crippen MR) is 40.1 cm³/mol. The van der Waals surface area contributed by atoms with Crippen molar-refractivity contribution < 1.29 is 0 Å². The summed E-state index contributed by atoms with van der Waals surface area (Å²) >= 11 is 4.79. The van der Waals surface area contributed by atoms with Crippen LogP contribution in [-0.4, -0.2) is 19.9 Å². The first kappa shape index (κ1) is 6.29. The standard InChI is InChI=1S/C5H4N4OS/c10-5-8-3-2(4(11)9-5)6-1-7-3/h1H,(H3,6,7,8,9,10,11)/p-1. The van der Waals surface area contributed by atoms with E-state index in [2.05, 4.69) is 19.9 Å². The van der Waals surface area contributed by atoms with E-state index in [9.17, 15) is 4.79 Å². The Bertz CT molecular complexity index is 445. The smallest absolute Gasteiger partial charge is 0.345 e. The molecule has 0 spiro atoms. The third-order valence-electron chi connectivity index (χ3n) is 1.28. The highest BCUT2D eigenvalue weighted by Crippen LogP contribution is 2.05. The van der Waals surface area contributed by atoms with Gasteiger partial charge in [-0.25, -0.2) is 14.8 Å². The molecule has 0 aliphatic rings. The second-order valence-corrected chi connectivity index (χ2v) is 2.36. The molecule has 2 aromatic heterocycles. The van der Waals surface area contributed by atoms with Crippen molar-refractivity contribution in [2.24, 2.45) is 0 Å². The van der Waals surface area contributed by atoms with Crippen molar-refractivity contribution in [3.63, 3.8) is 0 Å². The molecule has 2 aromatic rings. The monoisotopic (exact) mass is 167 g/mol. The lowest BCUT2D eigenvalue weighted by atomic mass is 10.6. The van der Waals surface area contributed by atoms with Crippen LogP contribution < -0.4 is 5.69 Å². The van der Waals surface area contributed by atoms with E-state index in [1.807, 2.05) is 0 Å². The molecule has 2 rings (SSSR count). The molecular weight excluding hydrogens is 164 g/mol. The molecule has 2 N–H and O–H groups in total. The molecule has 0 amide bonds. The summed E-state index contributed by atoms with van der Waals surface area (Å²) in [6.07, 6.45) is 1.46. The Morgan fingerprint density at radius 3 is 3.18 bits per heavy atom. The summed E-state index contributed by atoms with van der Waals surface area (Å²) in [6, 6.07) is 0. The molecule has 0 fully saturated rings. The van der Waals surface area contributed by atoms with Crippen molar-refractivity contribution in [1.29, 1.82) is 0 Å². The number of nitrogens with one attached hydrogen (secondary N) is 2. The lowest BCUT2D eigenvalue weighted by Gasteiger charge is -2.01. The summed E-state index contributed by atoms with van der Waals surface area (Å²) < 4.78 is 0. The summed E-state index contributed by atoms with van der Waals surface area (Å²) in [5, 5.41) is 0.251. The Morgan fingerprint density at radius 2 is 2.36 bits per heavy atom. The van der Waals surface area contributed by atoms with E-state index in [1.54, 1.807) is 0 Å².